The van der Waals surface area contributed by atoms with Gasteiger partial charge in [0.1, 0.15) is 0 Å². The zero-order chi connectivity index (χ0) is 12.4. The van der Waals surface area contributed by atoms with Crippen LogP contribution in [-0.4, -0.2) is 5.78 Å². The Morgan fingerprint density at radius 1 is 1.12 bits per heavy atom. The van der Waals surface area contributed by atoms with Gasteiger partial charge in [-0.3, -0.25) is 4.79 Å². The zero-order valence-corrected chi connectivity index (χ0v) is 11.4. The molecule has 3 heteroatoms. The van der Waals surface area contributed by atoms with E-state index in [0.29, 0.717) is 21.5 Å². The Balaban J connectivity index is 2.37. The first-order valence-electron chi connectivity index (χ1n) is 6.09. The third-order valence-electron chi connectivity index (χ3n) is 3.50. The lowest BCUT2D eigenvalue weighted by Gasteiger charge is -2.24. The van der Waals surface area contributed by atoms with Crippen LogP contribution in [0, 0.1) is 0 Å². The van der Waals surface area contributed by atoms with Gasteiger partial charge in [0.05, 0.1) is 0 Å². The Hall–Kier alpha value is -0.530. The third kappa shape index (κ3) is 2.83. The SMILES string of the molecule is CC(=O)c1cc(Cl)c(C2CCCCC2)c(Cl)c1. The number of ketones is 1. The molecule has 1 nitrogen and oxygen atoms in total. The van der Waals surface area contributed by atoms with Crippen molar-refractivity contribution < 1.29 is 4.79 Å². The van der Waals surface area contributed by atoms with Gasteiger partial charge in [-0.2, -0.15) is 0 Å². The average Bonchev–Trinajstić information content (AvgIpc) is 2.29. The number of halogens is 2. The lowest BCUT2D eigenvalue weighted by atomic mass is 9.83. The number of rotatable bonds is 2. The molecule has 0 unspecified atom stereocenters. The molecule has 2 rings (SSSR count). The van der Waals surface area contributed by atoms with E-state index in [2.05, 4.69) is 0 Å². The Morgan fingerprint density at radius 3 is 2.12 bits per heavy atom. The van der Waals surface area contributed by atoms with E-state index in [1.807, 2.05) is 0 Å². The fraction of sp³-hybridized carbons (Fsp3) is 0.500. The summed E-state index contributed by atoms with van der Waals surface area (Å²) in [4.78, 5) is 11.3. The number of Topliss-reactive ketones (excluding diaryl/α,β-unsaturated/α-hetero) is 1. The summed E-state index contributed by atoms with van der Waals surface area (Å²) in [6, 6.07) is 3.50. The van der Waals surface area contributed by atoms with Crippen molar-refractivity contribution in [3.63, 3.8) is 0 Å². The molecule has 0 aromatic heterocycles. The molecular formula is C14H16Cl2O. The summed E-state index contributed by atoms with van der Waals surface area (Å²) in [5.74, 6) is 0.466. The van der Waals surface area contributed by atoms with E-state index >= 15 is 0 Å². The van der Waals surface area contributed by atoms with Gasteiger partial charge in [-0.15, -0.1) is 0 Å². The van der Waals surface area contributed by atoms with Crippen molar-refractivity contribution in [2.45, 2.75) is 44.9 Å². The van der Waals surface area contributed by atoms with Crippen molar-refractivity contribution in [2.24, 2.45) is 0 Å². The predicted octanol–water partition coefficient (Wildman–Crippen LogP) is 5.24. The highest BCUT2D eigenvalue weighted by atomic mass is 35.5. The van der Waals surface area contributed by atoms with Gasteiger partial charge in [-0.25, -0.2) is 0 Å². The van der Waals surface area contributed by atoms with E-state index in [4.69, 9.17) is 23.2 Å². The van der Waals surface area contributed by atoms with E-state index in [0.717, 1.165) is 18.4 Å². The van der Waals surface area contributed by atoms with Crippen LogP contribution in [0.15, 0.2) is 12.1 Å². The van der Waals surface area contributed by atoms with Crippen molar-refractivity contribution in [1.29, 1.82) is 0 Å². The maximum atomic E-state index is 11.3. The quantitative estimate of drug-likeness (QED) is 0.672. The normalized spacial score (nSPS) is 17.1. The molecule has 0 heterocycles. The molecule has 1 saturated carbocycles. The predicted molar refractivity (Wildman–Crippen MR) is 72.3 cm³/mol. The van der Waals surface area contributed by atoms with E-state index in [1.54, 1.807) is 12.1 Å². The first kappa shape index (κ1) is 12.9. The Labute approximate surface area is 112 Å². The molecule has 0 bridgehead atoms. The van der Waals surface area contributed by atoms with Gasteiger partial charge in [-0.05, 0) is 43.4 Å². The number of carbonyl (C=O) groups excluding carboxylic acids is 1. The van der Waals surface area contributed by atoms with Crippen LogP contribution in [0.2, 0.25) is 10.0 Å². The van der Waals surface area contributed by atoms with Crippen molar-refractivity contribution in [3.8, 4) is 0 Å². The van der Waals surface area contributed by atoms with E-state index in [-0.39, 0.29) is 5.78 Å². The number of hydrogen-bond acceptors (Lipinski definition) is 1. The van der Waals surface area contributed by atoms with Crippen LogP contribution in [0.25, 0.3) is 0 Å². The molecule has 1 aliphatic carbocycles. The lowest BCUT2D eigenvalue weighted by molar-refractivity contribution is 0.101. The number of benzene rings is 1. The van der Waals surface area contributed by atoms with Gasteiger partial charge in [0.25, 0.3) is 0 Å². The van der Waals surface area contributed by atoms with Crippen LogP contribution < -0.4 is 0 Å². The molecule has 0 N–H and O–H groups in total. The molecule has 1 fully saturated rings. The molecule has 17 heavy (non-hydrogen) atoms. The molecule has 0 aliphatic heterocycles. The van der Waals surface area contributed by atoms with Crippen molar-refractivity contribution in [2.75, 3.05) is 0 Å². The standard InChI is InChI=1S/C14H16Cl2O/c1-9(17)11-7-12(15)14(13(16)8-11)10-5-3-2-4-6-10/h7-8,10H,2-6H2,1H3. The molecule has 0 spiro atoms. The lowest BCUT2D eigenvalue weighted by Crippen LogP contribution is -2.07. The van der Waals surface area contributed by atoms with Gasteiger partial charge in [0.2, 0.25) is 0 Å². The van der Waals surface area contributed by atoms with E-state index < -0.39 is 0 Å². The zero-order valence-electron chi connectivity index (χ0n) is 9.93. The van der Waals surface area contributed by atoms with Gasteiger partial charge in [-0.1, -0.05) is 42.5 Å². The third-order valence-corrected chi connectivity index (χ3v) is 4.12. The topological polar surface area (TPSA) is 17.1 Å². The largest absolute Gasteiger partial charge is 0.295 e. The van der Waals surface area contributed by atoms with Gasteiger partial charge in [0, 0.05) is 15.6 Å². The highest BCUT2D eigenvalue weighted by Gasteiger charge is 2.21. The average molecular weight is 271 g/mol. The summed E-state index contributed by atoms with van der Waals surface area (Å²) in [5.41, 5.74) is 1.64. The second-order valence-corrected chi connectivity index (χ2v) is 5.56. The summed E-state index contributed by atoms with van der Waals surface area (Å²) in [6.07, 6.45) is 6.09. The molecule has 92 valence electrons. The molecule has 1 aromatic rings. The monoisotopic (exact) mass is 270 g/mol. The molecular weight excluding hydrogens is 255 g/mol. The number of hydrogen-bond donors (Lipinski definition) is 0. The first-order chi connectivity index (χ1) is 8.09. The first-order valence-corrected chi connectivity index (χ1v) is 6.85. The minimum atomic E-state index is 0.00370. The molecule has 1 aromatic carbocycles. The minimum Gasteiger partial charge on any atom is -0.295 e. The summed E-state index contributed by atoms with van der Waals surface area (Å²) < 4.78 is 0. The van der Waals surface area contributed by atoms with E-state index in [1.165, 1.54) is 26.2 Å². The summed E-state index contributed by atoms with van der Waals surface area (Å²) >= 11 is 12.6. The van der Waals surface area contributed by atoms with Crippen LogP contribution in [0.4, 0.5) is 0 Å². The second-order valence-electron chi connectivity index (χ2n) is 4.74. The van der Waals surface area contributed by atoms with Crippen LogP contribution in [-0.2, 0) is 0 Å². The molecule has 0 atom stereocenters. The maximum absolute atomic E-state index is 11.3. The summed E-state index contributed by atoms with van der Waals surface area (Å²) in [6.45, 7) is 1.53. The number of carbonyl (C=O) groups is 1. The van der Waals surface area contributed by atoms with Crippen LogP contribution >= 0.6 is 23.2 Å². The Bertz CT molecular complexity index is 411. The fourth-order valence-corrected chi connectivity index (χ4v) is 3.36. The van der Waals surface area contributed by atoms with Gasteiger partial charge >= 0.3 is 0 Å². The Morgan fingerprint density at radius 2 is 1.65 bits per heavy atom. The summed E-state index contributed by atoms with van der Waals surface area (Å²) in [7, 11) is 0. The van der Waals surface area contributed by atoms with Gasteiger partial charge in [0.15, 0.2) is 5.78 Å². The van der Waals surface area contributed by atoms with Crippen molar-refractivity contribution in [3.05, 3.63) is 33.3 Å². The fourth-order valence-electron chi connectivity index (χ4n) is 2.57. The van der Waals surface area contributed by atoms with Crippen molar-refractivity contribution >= 4 is 29.0 Å². The van der Waals surface area contributed by atoms with Crippen LogP contribution in [0.3, 0.4) is 0 Å². The molecule has 0 amide bonds. The summed E-state index contributed by atoms with van der Waals surface area (Å²) in [5, 5.41) is 1.30. The highest BCUT2D eigenvalue weighted by Crippen LogP contribution is 2.40. The smallest absolute Gasteiger partial charge is 0.159 e. The molecule has 0 saturated heterocycles. The highest BCUT2D eigenvalue weighted by molar-refractivity contribution is 6.36. The van der Waals surface area contributed by atoms with Crippen LogP contribution in [0.1, 0.15) is 60.9 Å². The van der Waals surface area contributed by atoms with E-state index in [9.17, 15) is 4.79 Å². The minimum absolute atomic E-state index is 0.00370. The Kier molecular flexibility index (Phi) is 4.11. The molecule has 1 aliphatic rings. The van der Waals surface area contributed by atoms with Crippen LogP contribution in [0.5, 0.6) is 0 Å². The molecule has 0 radical (unpaired) electrons. The van der Waals surface area contributed by atoms with Gasteiger partial charge < -0.3 is 0 Å². The maximum Gasteiger partial charge on any atom is 0.159 e. The van der Waals surface area contributed by atoms with Crippen molar-refractivity contribution in [1.82, 2.24) is 0 Å². The second kappa shape index (κ2) is 5.41.